The predicted octanol–water partition coefficient (Wildman–Crippen LogP) is 2.00. The van der Waals surface area contributed by atoms with Crippen LogP contribution in [0.2, 0.25) is 0 Å². The minimum absolute atomic E-state index is 0.126. The third kappa shape index (κ3) is 5.39. The van der Waals surface area contributed by atoms with Gasteiger partial charge in [0.1, 0.15) is 0 Å². The van der Waals surface area contributed by atoms with Gasteiger partial charge in [-0.2, -0.15) is 0 Å². The van der Waals surface area contributed by atoms with Crippen molar-refractivity contribution in [2.45, 2.75) is 20.4 Å². The van der Waals surface area contributed by atoms with E-state index in [1.807, 2.05) is 0 Å². The third-order valence-electron chi connectivity index (χ3n) is 3.53. The molecule has 0 spiro atoms. The van der Waals surface area contributed by atoms with Crippen LogP contribution in [0, 0.1) is 13.8 Å². The molecule has 3 N–H and O–H groups in total. The second kappa shape index (κ2) is 8.67. The highest BCUT2D eigenvalue weighted by molar-refractivity contribution is 5.94. The maximum atomic E-state index is 11.9. The van der Waals surface area contributed by atoms with Crippen molar-refractivity contribution in [2.24, 2.45) is 4.99 Å². The van der Waals surface area contributed by atoms with Crippen LogP contribution in [-0.4, -0.2) is 30.4 Å². The van der Waals surface area contributed by atoms with Gasteiger partial charge >= 0.3 is 0 Å². The molecule has 1 amide bonds. The molecule has 6 heteroatoms. The SMILES string of the molecule is CN=C(NCC(=O)Nc1cccnc1)NCc1ccc(C)cc1C. The minimum Gasteiger partial charge on any atom is -0.352 e. The molecule has 0 aliphatic rings. The minimum atomic E-state index is -0.155. The van der Waals surface area contributed by atoms with Gasteiger partial charge in [0.05, 0.1) is 18.4 Å². The number of guanidine groups is 1. The summed E-state index contributed by atoms with van der Waals surface area (Å²) in [6.45, 7) is 4.94. The van der Waals surface area contributed by atoms with Gasteiger partial charge in [-0.05, 0) is 37.1 Å². The van der Waals surface area contributed by atoms with Crippen LogP contribution in [0.3, 0.4) is 0 Å². The molecule has 6 nitrogen and oxygen atoms in total. The topological polar surface area (TPSA) is 78.4 Å². The first kappa shape index (κ1) is 17.5. The molecule has 1 heterocycles. The number of benzene rings is 1. The standard InChI is InChI=1S/C18H23N5O/c1-13-6-7-15(14(2)9-13)10-21-18(19-3)22-12-17(24)23-16-5-4-8-20-11-16/h4-9,11H,10,12H2,1-3H3,(H,23,24)(H2,19,21,22). The van der Waals surface area contributed by atoms with Gasteiger partial charge in [-0.25, -0.2) is 0 Å². The highest BCUT2D eigenvalue weighted by atomic mass is 16.1. The molecule has 0 atom stereocenters. The van der Waals surface area contributed by atoms with E-state index in [0.717, 1.165) is 0 Å². The van der Waals surface area contributed by atoms with Crippen LogP contribution in [0.5, 0.6) is 0 Å². The first-order chi connectivity index (χ1) is 11.6. The number of amides is 1. The quantitative estimate of drug-likeness (QED) is 0.580. The predicted molar refractivity (Wildman–Crippen MR) is 97.0 cm³/mol. The van der Waals surface area contributed by atoms with Gasteiger partial charge in [-0.3, -0.25) is 14.8 Å². The number of aliphatic imine (C=N–C) groups is 1. The number of carbonyl (C=O) groups is 1. The van der Waals surface area contributed by atoms with E-state index in [1.165, 1.54) is 16.7 Å². The lowest BCUT2D eigenvalue weighted by molar-refractivity contribution is -0.115. The fraction of sp³-hybridized carbons (Fsp3) is 0.278. The second-order valence-electron chi connectivity index (χ2n) is 5.50. The summed E-state index contributed by atoms with van der Waals surface area (Å²) in [6.07, 6.45) is 3.26. The number of carbonyl (C=O) groups excluding carboxylic acids is 1. The van der Waals surface area contributed by atoms with Crippen LogP contribution in [0.25, 0.3) is 0 Å². The Morgan fingerprint density at radius 2 is 2.04 bits per heavy atom. The van der Waals surface area contributed by atoms with Crippen molar-refractivity contribution in [1.82, 2.24) is 15.6 Å². The molecule has 0 unspecified atom stereocenters. The Kier molecular flexibility index (Phi) is 6.31. The molecule has 0 bridgehead atoms. The van der Waals surface area contributed by atoms with Gasteiger partial charge in [-0.15, -0.1) is 0 Å². The lowest BCUT2D eigenvalue weighted by atomic mass is 10.1. The van der Waals surface area contributed by atoms with E-state index in [9.17, 15) is 4.79 Å². The van der Waals surface area contributed by atoms with Crippen molar-refractivity contribution >= 4 is 17.6 Å². The molecule has 2 rings (SSSR count). The van der Waals surface area contributed by atoms with Gasteiger partial charge in [0, 0.05) is 19.8 Å². The van der Waals surface area contributed by atoms with Crippen molar-refractivity contribution in [2.75, 3.05) is 18.9 Å². The number of hydrogen-bond donors (Lipinski definition) is 3. The molecule has 1 aromatic carbocycles. The van der Waals surface area contributed by atoms with Gasteiger partial charge < -0.3 is 16.0 Å². The fourth-order valence-corrected chi connectivity index (χ4v) is 2.25. The lowest BCUT2D eigenvalue weighted by Gasteiger charge is -2.13. The Morgan fingerprint density at radius 3 is 2.71 bits per heavy atom. The highest BCUT2D eigenvalue weighted by Gasteiger charge is 2.05. The van der Waals surface area contributed by atoms with Gasteiger partial charge in [0.2, 0.25) is 5.91 Å². The molecular formula is C18H23N5O. The zero-order chi connectivity index (χ0) is 17.4. The summed E-state index contributed by atoms with van der Waals surface area (Å²) in [7, 11) is 1.68. The van der Waals surface area contributed by atoms with Crippen molar-refractivity contribution in [3.8, 4) is 0 Å². The molecule has 0 radical (unpaired) electrons. The van der Waals surface area contributed by atoms with Crippen LogP contribution in [0.1, 0.15) is 16.7 Å². The van der Waals surface area contributed by atoms with E-state index in [1.54, 1.807) is 31.6 Å². The maximum absolute atomic E-state index is 11.9. The zero-order valence-electron chi connectivity index (χ0n) is 14.3. The molecule has 2 aromatic rings. The molecule has 0 aliphatic heterocycles. The Morgan fingerprint density at radius 1 is 1.21 bits per heavy atom. The summed E-state index contributed by atoms with van der Waals surface area (Å²) in [5.41, 5.74) is 4.34. The summed E-state index contributed by atoms with van der Waals surface area (Å²) in [6, 6.07) is 9.89. The summed E-state index contributed by atoms with van der Waals surface area (Å²) in [5.74, 6) is 0.425. The van der Waals surface area contributed by atoms with E-state index in [-0.39, 0.29) is 12.5 Å². The summed E-state index contributed by atoms with van der Waals surface area (Å²) >= 11 is 0. The fourth-order valence-electron chi connectivity index (χ4n) is 2.25. The number of aromatic nitrogens is 1. The maximum Gasteiger partial charge on any atom is 0.243 e. The number of anilines is 1. The summed E-state index contributed by atoms with van der Waals surface area (Å²) < 4.78 is 0. The van der Waals surface area contributed by atoms with E-state index in [0.29, 0.717) is 18.2 Å². The number of aryl methyl sites for hydroxylation is 2. The van der Waals surface area contributed by atoms with Crippen LogP contribution >= 0.6 is 0 Å². The molecule has 0 saturated carbocycles. The average Bonchev–Trinajstić information content (AvgIpc) is 2.57. The van der Waals surface area contributed by atoms with Gasteiger partial charge in [0.15, 0.2) is 5.96 Å². The normalized spacial score (nSPS) is 11.0. The third-order valence-corrected chi connectivity index (χ3v) is 3.53. The van der Waals surface area contributed by atoms with E-state index in [4.69, 9.17) is 0 Å². The van der Waals surface area contributed by atoms with Crippen LogP contribution in [0.4, 0.5) is 5.69 Å². The average molecular weight is 325 g/mol. The first-order valence-corrected chi connectivity index (χ1v) is 7.79. The molecule has 1 aromatic heterocycles. The Hall–Kier alpha value is -2.89. The molecule has 0 aliphatic carbocycles. The van der Waals surface area contributed by atoms with Gasteiger partial charge in [-0.1, -0.05) is 23.8 Å². The van der Waals surface area contributed by atoms with E-state index in [2.05, 4.69) is 58.0 Å². The second-order valence-corrected chi connectivity index (χ2v) is 5.50. The number of nitrogens with zero attached hydrogens (tertiary/aromatic N) is 2. The summed E-state index contributed by atoms with van der Waals surface area (Å²) in [5, 5.41) is 8.97. The van der Waals surface area contributed by atoms with Crippen molar-refractivity contribution in [3.05, 3.63) is 59.4 Å². The zero-order valence-corrected chi connectivity index (χ0v) is 14.3. The number of hydrogen-bond acceptors (Lipinski definition) is 3. The Labute approximate surface area is 142 Å². The monoisotopic (exact) mass is 325 g/mol. The number of nitrogens with one attached hydrogen (secondary N) is 3. The first-order valence-electron chi connectivity index (χ1n) is 7.79. The number of rotatable bonds is 5. The van der Waals surface area contributed by atoms with Crippen LogP contribution in [-0.2, 0) is 11.3 Å². The van der Waals surface area contributed by atoms with E-state index < -0.39 is 0 Å². The van der Waals surface area contributed by atoms with Crippen molar-refractivity contribution < 1.29 is 4.79 Å². The van der Waals surface area contributed by atoms with E-state index >= 15 is 0 Å². The van der Waals surface area contributed by atoms with Crippen LogP contribution in [0.15, 0.2) is 47.7 Å². The molecular weight excluding hydrogens is 302 g/mol. The van der Waals surface area contributed by atoms with Crippen molar-refractivity contribution in [3.63, 3.8) is 0 Å². The summed E-state index contributed by atoms with van der Waals surface area (Å²) in [4.78, 5) is 20.0. The molecule has 0 fully saturated rings. The Balaban J connectivity index is 1.81. The smallest absolute Gasteiger partial charge is 0.243 e. The van der Waals surface area contributed by atoms with Crippen molar-refractivity contribution in [1.29, 1.82) is 0 Å². The highest BCUT2D eigenvalue weighted by Crippen LogP contribution is 2.09. The Bertz CT molecular complexity index is 713. The van der Waals surface area contributed by atoms with Gasteiger partial charge in [0.25, 0.3) is 0 Å². The lowest BCUT2D eigenvalue weighted by Crippen LogP contribution is -2.41. The number of pyridine rings is 1. The molecule has 0 saturated heterocycles. The largest absolute Gasteiger partial charge is 0.352 e. The molecule has 126 valence electrons. The van der Waals surface area contributed by atoms with Crippen LogP contribution < -0.4 is 16.0 Å². The molecule has 24 heavy (non-hydrogen) atoms.